The minimum atomic E-state index is -0.850. The van der Waals surface area contributed by atoms with Crippen molar-refractivity contribution in [1.82, 2.24) is 0 Å². The largest absolute Gasteiger partial charge is 0.497 e. The SMILES string of the molecule is COc1ccc(N[C@H](c2ccccc2C)[C@H](Cc2ccccc2Br)[N+](=O)[O-])cc1. The van der Waals surface area contributed by atoms with Crippen molar-refractivity contribution >= 4 is 21.6 Å². The third kappa shape index (κ3) is 5.15. The molecule has 0 aliphatic rings. The first kappa shape index (κ1) is 20.9. The Morgan fingerprint density at radius 1 is 1.03 bits per heavy atom. The van der Waals surface area contributed by atoms with Gasteiger partial charge in [0.15, 0.2) is 0 Å². The molecule has 0 aliphatic carbocycles. The molecular weight excluding hydrogens is 432 g/mol. The van der Waals surface area contributed by atoms with Crippen LogP contribution in [-0.4, -0.2) is 18.1 Å². The van der Waals surface area contributed by atoms with Crippen molar-refractivity contribution in [3.63, 3.8) is 0 Å². The predicted molar refractivity (Wildman–Crippen MR) is 119 cm³/mol. The molecule has 1 N–H and O–H groups in total. The highest BCUT2D eigenvalue weighted by Crippen LogP contribution is 2.31. The van der Waals surface area contributed by atoms with E-state index in [1.807, 2.05) is 79.7 Å². The van der Waals surface area contributed by atoms with E-state index in [0.717, 1.165) is 32.6 Å². The van der Waals surface area contributed by atoms with Gasteiger partial charge in [-0.15, -0.1) is 0 Å². The first-order chi connectivity index (χ1) is 14.0. The van der Waals surface area contributed by atoms with E-state index >= 15 is 0 Å². The molecular formula is C23H23BrN2O3. The molecule has 0 radical (unpaired) electrons. The summed E-state index contributed by atoms with van der Waals surface area (Å²) >= 11 is 3.52. The van der Waals surface area contributed by atoms with Crippen molar-refractivity contribution in [3.05, 3.63) is 104 Å². The fraction of sp³-hybridized carbons (Fsp3) is 0.217. The highest BCUT2D eigenvalue weighted by Gasteiger charge is 2.34. The molecule has 0 saturated heterocycles. The standard InChI is InChI=1S/C23H23BrN2O3/c1-16-7-3-5-9-20(16)23(25-18-11-13-19(29-2)14-12-18)22(26(27)28)15-17-8-4-6-10-21(17)24/h3-14,22-23,25H,15H2,1-2H3/t22-,23+/m0/s1. The molecule has 3 aromatic carbocycles. The smallest absolute Gasteiger partial charge is 0.241 e. The second-order valence-electron chi connectivity index (χ2n) is 6.86. The molecule has 0 aromatic heterocycles. The number of halogens is 1. The average Bonchev–Trinajstić information content (AvgIpc) is 2.72. The van der Waals surface area contributed by atoms with Gasteiger partial charge in [-0.05, 0) is 53.9 Å². The lowest BCUT2D eigenvalue weighted by molar-refractivity contribution is -0.525. The molecule has 0 unspecified atom stereocenters. The molecule has 0 heterocycles. The van der Waals surface area contributed by atoms with Crippen molar-refractivity contribution in [3.8, 4) is 5.75 Å². The Morgan fingerprint density at radius 3 is 2.31 bits per heavy atom. The summed E-state index contributed by atoms with van der Waals surface area (Å²) in [7, 11) is 1.61. The summed E-state index contributed by atoms with van der Waals surface area (Å²) in [6, 6.07) is 21.5. The van der Waals surface area contributed by atoms with Crippen molar-refractivity contribution < 1.29 is 9.66 Å². The number of benzene rings is 3. The number of rotatable bonds is 8. The quantitative estimate of drug-likeness (QED) is 0.344. The number of hydrogen-bond acceptors (Lipinski definition) is 4. The maximum Gasteiger partial charge on any atom is 0.241 e. The van der Waals surface area contributed by atoms with Crippen molar-refractivity contribution in [1.29, 1.82) is 0 Å². The predicted octanol–water partition coefficient (Wildman–Crippen LogP) is 5.81. The first-order valence-electron chi connectivity index (χ1n) is 9.32. The minimum absolute atomic E-state index is 0.187. The second-order valence-corrected chi connectivity index (χ2v) is 7.71. The van der Waals surface area contributed by atoms with Gasteiger partial charge in [0, 0.05) is 21.5 Å². The number of nitrogens with one attached hydrogen (secondary N) is 1. The van der Waals surface area contributed by atoms with Crippen molar-refractivity contribution in [2.75, 3.05) is 12.4 Å². The lowest BCUT2D eigenvalue weighted by Crippen LogP contribution is -2.35. The van der Waals surface area contributed by atoms with Crippen LogP contribution in [0.15, 0.2) is 77.3 Å². The zero-order valence-corrected chi connectivity index (χ0v) is 17.9. The maximum absolute atomic E-state index is 12.2. The summed E-state index contributed by atoms with van der Waals surface area (Å²) in [6.45, 7) is 1.98. The van der Waals surface area contributed by atoms with E-state index in [9.17, 15) is 10.1 Å². The number of nitrogens with zero attached hydrogens (tertiary/aromatic N) is 1. The average molecular weight is 455 g/mol. The molecule has 29 heavy (non-hydrogen) atoms. The van der Waals surface area contributed by atoms with Gasteiger partial charge in [0.2, 0.25) is 6.04 Å². The van der Waals surface area contributed by atoms with Crippen LogP contribution in [0.4, 0.5) is 5.69 Å². The Bertz CT molecular complexity index is 976. The number of nitro groups is 1. The molecule has 6 heteroatoms. The van der Waals surface area contributed by atoms with Crippen LogP contribution >= 0.6 is 15.9 Å². The van der Waals surface area contributed by atoms with E-state index < -0.39 is 12.1 Å². The minimum Gasteiger partial charge on any atom is -0.497 e. The van der Waals surface area contributed by atoms with E-state index in [-0.39, 0.29) is 4.92 Å². The van der Waals surface area contributed by atoms with Crippen LogP contribution in [0.1, 0.15) is 22.7 Å². The maximum atomic E-state index is 12.2. The van der Waals surface area contributed by atoms with Gasteiger partial charge in [-0.3, -0.25) is 10.1 Å². The Morgan fingerprint density at radius 2 is 1.69 bits per heavy atom. The summed E-state index contributed by atoms with van der Waals surface area (Å²) < 4.78 is 6.09. The summed E-state index contributed by atoms with van der Waals surface area (Å²) in [5, 5.41) is 15.6. The van der Waals surface area contributed by atoms with Crippen LogP contribution in [-0.2, 0) is 6.42 Å². The molecule has 3 rings (SSSR count). The fourth-order valence-corrected chi connectivity index (χ4v) is 3.83. The van der Waals surface area contributed by atoms with Gasteiger partial charge < -0.3 is 10.1 Å². The number of aryl methyl sites for hydroxylation is 1. The van der Waals surface area contributed by atoms with Crippen LogP contribution < -0.4 is 10.1 Å². The molecule has 0 aliphatic heterocycles. The molecule has 3 aromatic rings. The number of ether oxygens (including phenoxy) is 1. The molecule has 2 atom stereocenters. The Labute approximate surface area is 179 Å². The van der Waals surface area contributed by atoms with Gasteiger partial charge >= 0.3 is 0 Å². The summed E-state index contributed by atoms with van der Waals surface area (Å²) in [5.41, 5.74) is 3.64. The number of methoxy groups -OCH3 is 1. The molecule has 0 spiro atoms. The van der Waals surface area contributed by atoms with E-state index in [4.69, 9.17) is 4.74 Å². The number of anilines is 1. The molecule has 5 nitrogen and oxygen atoms in total. The highest BCUT2D eigenvalue weighted by atomic mass is 79.9. The van der Waals surface area contributed by atoms with Crippen LogP contribution in [0.5, 0.6) is 5.75 Å². The van der Waals surface area contributed by atoms with Gasteiger partial charge in [0.1, 0.15) is 11.8 Å². The monoisotopic (exact) mass is 454 g/mol. The van der Waals surface area contributed by atoms with E-state index in [2.05, 4.69) is 21.2 Å². The molecule has 0 amide bonds. The van der Waals surface area contributed by atoms with Crippen LogP contribution in [0.25, 0.3) is 0 Å². The Kier molecular flexibility index (Phi) is 6.88. The summed E-state index contributed by atoms with van der Waals surface area (Å²) in [6.07, 6.45) is 0.302. The van der Waals surface area contributed by atoms with Gasteiger partial charge in [-0.1, -0.05) is 58.4 Å². The highest BCUT2D eigenvalue weighted by molar-refractivity contribution is 9.10. The molecule has 150 valence electrons. The van der Waals surface area contributed by atoms with E-state index in [1.54, 1.807) is 7.11 Å². The Hall–Kier alpha value is -2.86. The van der Waals surface area contributed by atoms with Crippen LogP contribution in [0.3, 0.4) is 0 Å². The summed E-state index contributed by atoms with van der Waals surface area (Å²) in [5.74, 6) is 0.738. The second kappa shape index (κ2) is 9.56. The van der Waals surface area contributed by atoms with Crippen LogP contribution in [0, 0.1) is 17.0 Å². The van der Waals surface area contributed by atoms with Gasteiger partial charge in [0.05, 0.1) is 7.11 Å². The third-order valence-electron chi connectivity index (χ3n) is 4.98. The molecule has 0 bridgehead atoms. The zero-order chi connectivity index (χ0) is 20.8. The third-order valence-corrected chi connectivity index (χ3v) is 5.75. The normalized spacial score (nSPS) is 12.8. The lowest BCUT2D eigenvalue weighted by Gasteiger charge is -2.25. The van der Waals surface area contributed by atoms with Gasteiger partial charge in [0.25, 0.3) is 0 Å². The van der Waals surface area contributed by atoms with E-state index in [0.29, 0.717) is 6.42 Å². The molecule has 0 saturated carbocycles. The zero-order valence-electron chi connectivity index (χ0n) is 16.3. The van der Waals surface area contributed by atoms with E-state index in [1.165, 1.54) is 0 Å². The van der Waals surface area contributed by atoms with Gasteiger partial charge in [-0.2, -0.15) is 0 Å². The fourth-order valence-electron chi connectivity index (χ4n) is 3.39. The van der Waals surface area contributed by atoms with Gasteiger partial charge in [-0.25, -0.2) is 0 Å². The first-order valence-corrected chi connectivity index (χ1v) is 10.1. The summed E-state index contributed by atoms with van der Waals surface area (Å²) in [4.78, 5) is 12.0. The van der Waals surface area contributed by atoms with Crippen LogP contribution in [0.2, 0.25) is 0 Å². The lowest BCUT2D eigenvalue weighted by atomic mass is 9.91. The Balaban J connectivity index is 2.00. The van der Waals surface area contributed by atoms with Crippen molar-refractivity contribution in [2.24, 2.45) is 0 Å². The molecule has 0 fully saturated rings. The topological polar surface area (TPSA) is 64.4 Å². The van der Waals surface area contributed by atoms with Crippen molar-refractivity contribution in [2.45, 2.75) is 25.4 Å². The number of hydrogen-bond donors (Lipinski definition) is 1.